The van der Waals surface area contributed by atoms with Crippen molar-refractivity contribution in [1.82, 2.24) is 8.01 Å². The first kappa shape index (κ1) is 24.7. The van der Waals surface area contributed by atoms with Crippen molar-refractivity contribution in [1.29, 1.82) is 0 Å². The van der Waals surface area contributed by atoms with E-state index < -0.39 is 17.3 Å². The molecule has 30 heavy (non-hydrogen) atoms. The molecule has 1 aromatic carbocycles. The zero-order chi connectivity index (χ0) is 22.5. The molecule has 1 aliphatic rings. The largest absolute Gasteiger partial charge is 0.444 e. The Morgan fingerprint density at radius 3 is 2.20 bits per heavy atom. The molecule has 1 N–H and O–H groups in total. The summed E-state index contributed by atoms with van der Waals surface area (Å²) in [4.78, 5) is 27.1. The highest BCUT2D eigenvalue weighted by atomic mass is 127. The second-order valence-corrected chi connectivity index (χ2v) is 10.9. The van der Waals surface area contributed by atoms with E-state index in [0.29, 0.717) is 12.2 Å². The predicted molar refractivity (Wildman–Crippen MR) is 127 cm³/mol. The topological polar surface area (TPSA) is 71.1 Å². The normalized spacial score (nSPS) is 16.1. The fourth-order valence-corrected chi connectivity index (χ4v) is 3.74. The minimum absolute atomic E-state index is 0.0837. The molecule has 1 aromatic rings. The second kappa shape index (κ2) is 10.2. The van der Waals surface area contributed by atoms with E-state index in [2.05, 4.69) is 31.3 Å². The number of nitrogens with one attached hydrogen (secondary N) is 1. The van der Waals surface area contributed by atoms with Crippen LogP contribution in [0.4, 0.5) is 15.3 Å². The third kappa shape index (κ3) is 8.29. The number of hydrogen-bond donors (Lipinski definition) is 1. The summed E-state index contributed by atoms with van der Waals surface area (Å²) in [7, 11) is 0. The number of carbonyl (C=O) groups is 2. The molecule has 0 aliphatic carbocycles. The molecule has 0 atom stereocenters. The third-order valence-corrected chi connectivity index (χ3v) is 5.44. The van der Waals surface area contributed by atoms with E-state index in [9.17, 15) is 9.59 Å². The number of benzene rings is 1. The fraction of sp³-hybridized carbons (Fsp3) is 0.636. The maximum absolute atomic E-state index is 13.0. The van der Waals surface area contributed by atoms with Gasteiger partial charge in [-0.05, 0) is 66.0 Å². The standard InChI is InChI=1S/C22H34IN3O4/c1-21(2,3)29-19(27)24-18-10-8-7-9-16(18)15-26(20(28)30-22(4,5)6)17-11-13-25(23)14-12-17/h7-10,17H,11-15H2,1-6H3,(H,24,27). The van der Waals surface area contributed by atoms with Gasteiger partial charge in [-0.1, -0.05) is 18.2 Å². The van der Waals surface area contributed by atoms with Gasteiger partial charge >= 0.3 is 12.2 Å². The first-order valence-corrected chi connectivity index (χ1v) is 11.3. The van der Waals surface area contributed by atoms with Crippen LogP contribution < -0.4 is 5.32 Å². The molecule has 8 heteroatoms. The van der Waals surface area contributed by atoms with E-state index >= 15 is 0 Å². The number of rotatable bonds is 4. The Bertz CT molecular complexity index is 735. The van der Waals surface area contributed by atoms with E-state index in [0.717, 1.165) is 31.5 Å². The van der Waals surface area contributed by atoms with E-state index in [-0.39, 0.29) is 12.1 Å². The van der Waals surface area contributed by atoms with Crippen LogP contribution in [0.3, 0.4) is 0 Å². The van der Waals surface area contributed by atoms with Crippen LogP contribution in [0.1, 0.15) is 59.9 Å². The van der Waals surface area contributed by atoms with Gasteiger partial charge in [0.1, 0.15) is 11.2 Å². The van der Waals surface area contributed by atoms with Crippen molar-refractivity contribution in [2.75, 3.05) is 18.4 Å². The van der Waals surface area contributed by atoms with E-state index in [1.807, 2.05) is 65.8 Å². The van der Waals surface area contributed by atoms with Crippen molar-refractivity contribution in [3.05, 3.63) is 29.8 Å². The molecule has 7 nitrogen and oxygen atoms in total. The Hall–Kier alpha value is -1.55. The lowest BCUT2D eigenvalue weighted by Crippen LogP contribution is -2.47. The number of hydrogen-bond acceptors (Lipinski definition) is 5. The smallest absolute Gasteiger partial charge is 0.412 e. The molecule has 0 radical (unpaired) electrons. The number of piperidine rings is 1. The van der Waals surface area contributed by atoms with Gasteiger partial charge in [-0.2, -0.15) is 0 Å². The number of anilines is 1. The van der Waals surface area contributed by atoms with Crippen molar-refractivity contribution in [2.45, 2.75) is 78.2 Å². The molecule has 2 amide bonds. The van der Waals surface area contributed by atoms with Crippen molar-refractivity contribution in [3.63, 3.8) is 0 Å². The van der Waals surface area contributed by atoms with Crippen molar-refractivity contribution in [3.8, 4) is 0 Å². The summed E-state index contributed by atoms with van der Waals surface area (Å²) in [5, 5.41) is 2.82. The minimum atomic E-state index is -0.588. The lowest BCUT2D eigenvalue weighted by Gasteiger charge is -2.37. The lowest BCUT2D eigenvalue weighted by atomic mass is 10.0. The van der Waals surface area contributed by atoms with Gasteiger partial charge in [0.05, 0.1) is 6.54 Å². The van der Waals surface area contributed by atoms with Gasteiger partial charge < -0.3 is 14.4 Å². The molecule has 0 unspecified atom stereocenters. The maximum Gasteiger partial charge on any atom is 0.412 e. The summed E-state index contributed by atoms with van der Waals surface area (Å²) in [6, 6.07) is 7.57. The average Bonchev–Trinajstić information content (AvgIpc) is 2.58. The first-order valence-electron chi connectivity index (χ1n) is 10.3. The monoisotopic (exact) mass is 531 g/mol. The molecular weight excluding hydrogens is 497 g/mol. The Kier molecular flexibility index (Phi) is 8.38. The molecule has 1 heterocycles. The first-order chi connectivity index (χ1) is 13.8. The molecule has 2 rings (SSSR count). The van der Waals surface area contributed by atoms with Gasteiger partial charge in [0.2, 0.25) is 0 Å². The number of amides is 2. The van der Waals surface area contributed by atoms with E-state index in [1.165, 1.54) is 0 Å². The lowest BCUT2D eigenvalue weighted by molar-refractivity contribution is 0.00934. The summed E-state index contributed by atoms with van der Waals surface area (Å²) in [5.41, 5.74) is 0.306. The van der Waals surface area contributed by atoms with Crippen LogP contribution in [0, 0.1) is 0 Å². The molecule has 0 bridgehead atoms. The SMILES string of the molecule is CC(C)(C)OC(=O)Nc1ccccc1CN(C(=O)OC(C)(C)C)C1CCN(I)CC1. The summed E-state index contributed by atoms with van der Waals surface area (Å²) < 4.78 is 13.3. The van der Waals surface area contributed by atoms with Gasteiger partial charge in [-0.25, -0.2) is 12.7 Å². The van der Waals surface area contributed by atoms with Crippen molar-refractivity contribution >= 4 is 40.7 Å². The summed E-state index contributed by atoms with van der Waals surface area (Å²) in [6.45, 7) is 13.3. The van der Waals surface area contributed by atoms with E-state index in [1.54, 1.807) is 4.90 Å². The number of carbonyl (C=O) groups excluding carboxylic acids is 2. The molecule has 0 spiro atoms. The van der Waals surface area contributed by atoms with Crippen LogP contribution >= 0.6 is 22.9 Å². The van der Waals surface area contributed by atoms with Crippen LogP contribution in [0.2, 0.25) is 0 Å². The van der Waals surface area contributed by atoms with Crippen molar-refractivity contribution in [2.24, 2.45) is 0 Å². The number of halogens is 1. The Morgan fingerprint density at radius 2 is 1.63 bits per heavy atom. The summed E-state index contributed by atoms with van der Waals surface area (Å²) in [5.74, 6) is 0. The highest BCUT2D eigenvalue weighted by Gasteiger charge is 2.31. The second-order valence-electron chi connectivity index (χ2n) is 9.53. The van der Waals surface area contributed by atoms with Crippen LogP contribution in [0.15, 0.2) is 24.3 Å². The highest BCUT2D eigenvalue weighted by molar-refractivity contribution is 14.1. The molecule has 0 saturated carbocycles. The van der Waals surface area contributed by atoms with E-state index in [4.69, 9.17) is 9.47 Å². The van der Waals surface area contributed by atoms with Crippen LogP contribution in [0.5, 0.6) is 0 Å². The Labute approximate surface area is 194 Å². The van der Waals surface area contributed by atoms with Gasteiger partial charge in [0, 0.05) is 47.7 Å². The van der Waals surface area contributed by atoms with Gasteiger partial charge in [-0.15, -0.1) is 0 Å². The van der Waals surface area contributed by atoms with Crippen LogP contribution in [-0.2, 0) is 16.0 Å². The highest BCUT2D eigenvalue weighted by Crippen LogP contribution is 2.26. The maximum atomic E-state index is 13.0. The number of nitrogens with zero attached hydrogens (tertiary/aromatic N) is 2. The van der Waals surface area contributed by atoms with Gasteiger partial charge in [0.15, 0.2) is 0 Å². The van der Waals surface area contributed by atoms with Crippen LogP contribution in [0.25, 0.3) is 0 Å². The summed E-state index contributed by atoms with van der Waals surface area (Å²) in [6.07, 6.45) is 0.909. The molecule has 1 saturated heterocycles. The Balaban J connectivity index is 2.22. The number of para-hydroxylation sites is 1. The fourth-order valence-electron chi connectivity index (χ4n) is 3.19. The van der Waals surface area contributed by atoms with Gasteiger partial charge in [0.25, 0.3) is 0 Å². The minimum Gasteiger partial charge on any atom is -0.444 e. The zero-order valence-corrected chi connectivity index (χ0v) is 21.0. The number of ether oxygens (including phenoxy) is 2. The molecule has 1 aliphatic heterocycles. The molecule has 168 valence electrons. The predicted octanol–water partition coefficient (Wildman–Crippen LogP) is 5.59. The average molecular weight is 531 g/mol. The summed E-state index contributed by atoms with van der Waals surface area (Å²) >= 11 is 2.32. The van der Waals surface area contributed by atoms with Gasteiger partial charge in [-0.3, -0.25) is 5.32 Å². The zero-order valence-electron chi connectivity index (χ0n) is 18.8. The third-order valence-electron chi connectivity index (χ3n) is 4.47. The molecular formula is C22H34IN3O4. The van der Waals surface area contributed by atoms with Crippen molar-refractivity contribution < 1.29 is 19.1 Å². The quantitative estimate of drug-likeness (QED) is 0.406. The molecule has 1 fully saturated rings. The Morgan fingerprint density at radius 1 is 1.07 bits per heavy atom. The molecule has 0 aromatic heterocycles. The van der Waals surface area contributed by atoms with Crippen LogP contribution in [-0.4, -0.2) is 50.5 Å².